The van der Waals surface area contributed by atoms with Crippen LogP contribution in [0.1, 0.15) is 17.5 Å². The van der Waals surface area contributed by atoms with Gasteiger partial charge < -0.3 is 14.8 Å². The van der Waals surface area contributed by atoms with Crippen LogP contribution in [0.15, 0.2) is 55.0 Å². The van der Waals surface area contributed by atoms with Gasteiger partial charge in [-0.25, -0.2) is 0 Å². The minimum Gasteiger partial charge on any atom is -0.342 e. The number of nitrogens with zero attached hydrogens (tertiary/aromatic N) is 3. The number of aromatic nitrogens is 2. The first kappa shape index (κ1) is 16.5. The van der Waals surface area contributed by atoms with Gasteiger partial charge in [0, 0.05) is 60.4 Å². The van der Waals surface area contributed by atoms with Crippen molar-refractivity contribution in [1.82, 2.24) is 14.5 Å². The van der Waals surface area contributed by atoms with E-state index in [-0.39, 0.29) is 0 Å². The van der Waals surface area contributed by atoms with Crippen LogP contribution in [-0.2, 0) is 11.3 Å². The van der Waals surface area contributed by atoms with E-state index in [2.05, 4.69) is 57.3 Å². The lowest BCUT2D eigenvalue weighted by Crippen LogP contribution is -2.23. The number of carbonyl (C=O) groups is 1. The molecule has 2 aromatic heterocycles. The molecule has 1 aliphatic rings. The molecule has 5 heteroatoms. The van der Waals surface area contributed by atoms with Crippen LogP contribution in [0.4, 0.5) is 5.69 Å². The van der Waals surface area contributed by atoms with Crippen molar-refractivity contribution < 1.29 is 4.79 Å². The van der Waals surface area contributed by atoms with Gasteiger partial charge in [-0.15, -0.1) is 0 Å². The summed E-state index contributed by atoms with van der Waals surface area (Å²) in [5.41, 5.74) is 5.79. The lowest BCUT2D eigenvalue weighted by atomic mass is 9.99. The molecular weight excluding hydrogens is 324 g/mol. The van der Waals surface area contributed by atoms with E-state index in [4.69, 9.17) is 0 Å². The fourth-order valence-corrected chi connectivity index (χ4v) is 3.55. The largest absolute Gasteiger partial charge is 0.342 e. The lowest BCUT2D eigenvalue weighted by Gasteiger charge is -2.21. The molecule has 0 saturated carbocycles. The normalized spacial score (nSPS) is 15.0. The van der Waals surface area contributed by atoms with Gasteiger partial charge in [-0.2, -0.15) is 0 Å². The number of hydrogen-bond acceptors (Lipinski definition) is 3. The van der Waals surface area contributed by atoms with E-state index >= 15 is 0 Å². The Labute approximate surface area is 153 Å². The topological polar surface area (TPSA) is 50.2 Å². The molecule has 0 saturated heterocycles. The van der Waals surface area contributed by atoms with E-state index in [0.29, 0.717) is 0 Å². The van der Waals surface area contributed by atoms with Gasteiger partial charge in [0.25, 0.3) is 0 Å². The third kappa shape index (κ3) is 3.26. The molecule has 3 aromatic rings. The van der Waals surface area contributed by atoms with Crippen LogP contribution in [0.2, 0.25) is 0 Å². The Morgan fingerprint density at radius 2 is 2.23 bits per heavy atom. The first-order valence-electron chi connectivity index (χ1n) is 8.84. The average molecular weight is 346 g/mol. The fourth-order valence-electron chi connectivity index (χ4n) is 3.55. The standard InChI is InChI=1S/C21H22N4O/c1-24-9-6-17(7-10-24)20-14-25(13-16-3-2-8-22-12-16)21-5-4-18(23-15-26)11-19(20)21/h2-6,8,11-12,14-15H,7,9-10,13H2,1H3,(H,23,26). The number of rotatable bonds is 5. The quantitative estimate of drug-likeness (QED) is 0.721. The van der Waals surface area contributed by atoms with E-state index in [1.165, 1.54) is 27.6 Å². The minimum atomic E-state index is 0.725. The number of nitrogens with one attached hydrogen (secondary N) is 1. The Morgan fingerprint density at radius 1 is 1.31 bits per heavy atom. The van der Waals surface area contributed by atoms with Crippen molar-refractivity contribution in [3.63, 3.8) is 0 Å². The first-order chi connectivity index (χ1) is 12.7. The molecule has 3 heterocycles. The molecule has 1 aliphatic heterocycles. The molecule has 0 fully saturated rings. The maximum atomic E-state index is 10.8. The molecule has 132 valence electrons. The number of likely N-dealkylation sites (N-methyl/N-ethyl adjacent to an activating group) is 1. The molecule has 4 rings (SSSR count). The van der Waals surface area contributed by atoms with Gasteiger partial charge in [-0.05, 0) is 48.9 Å². The molecule has 0 aliphatic carbocycles. The van der Waals surface area contributed by atoms with Crippen LogP contribution < -0.4 is 5.32 Å². The Bertz CT molecular complexity index is 959. The van der Waals surface area contributed by atoms with Crippen molar-refractivity contribution in [1.29, 1.82) is 0 Å². The van der Waals surface area contributed by atoms with Crippen LogP contribution in [0, 0.1) is 0 Å². The predicted molar refractivity (Wildman–Crippen MR) is 105 cm³/mol. The van der Waals surface area contributed by atoms with E-state index in [9.17, 15) is 4.79 Å². The molecule has 0 unspecified atom stereocenters. The number of pyridine rings is 1. The van der Waals surface area contributed by atoms with Crippen LogP contribution in [0.25, 0.3) is 16.5 Å². The van der Waals surface area contributed by atoms with E-state index in [0.717, 1.165) is 38.2 Å². The Hall–Kier alpha value is -2.92. The summed E-state index contributed by atoms with van der Waals surface area (Å²) in [5, 5.41) is 3.95. The highest BCUT2D eigenvalue weighted by molar-refractivity contribution is 5.96. The van der Waals surface area contributed by atoms with Gasteiger partial charge >= 0.3 is 0 Å². The highest BCUT2D eigenvalue weighted by Crippen LogP contribution is 2.33. The van der Waals surface area contributed by atoms with Crippen molar-refractivity contribution in [3.8, 4) is 0 Å². The molecule has 26 heavy (non-hydrogen) atoms. The third-order valence-electron chi connectivity index (χ3n) is 4.94. The maximum absolute atomic E-state index is 10.8. The molecule has 1 amide bonds. The molecular formula is C21H22N4O. The summed E-state index contributed by atoms with van der Waals surface area (Å²) in [7, 11) is 2.14. The molecule has 0 atom stereocenters. The molecule has 1 N–H and O–H groups in total. The van der Waals surface area contributed by atoms with E-state index in [1.807, 2.05) is 18.3 Å². The van der Waals surface area contributed by atoms with Crippen LogP contribution in [-0.4, -0.2) is 41.0 Å². The van der Waals surface area contributed by atoms with Crippen LogP contribution >= 0.6 is 0 Å². The highest BCUT2D eigenvalue weighted by Gasteiger charge is 2.16. The number of anilines is 1. The summed E-state index contributed by atoms with van der Waals surface area (Å²) in [5.74, 6) is 0. The summed E-state index contributed by atoms with van der Waals surface area (Å²) in [6.07, 6.45) is 10.0. The van der Waals surface area contributed by atoms with Crippen LogP contribution in [0.5, 0.6) is 0 Å². The van der Waals surface area contributed by atoms with Gasteiger partial charge in [0.2, 0.25) is 6.41 Å². The number of hydrogen-bond donors (Lipinski definition) is 1. The van der Waals surface area contributed by atoms with E-state index < -0.39 is 0 Å². The summed E-state index contributed by atoms with van der Waals surface area (Å²) in [6.45, 7) is 2.81. The highest BCUT2D eigenvalue weighted by atomic mass is 16.1. The van der Waals surface area contributed by atoms with Gasteiger partial charge in [-0.1, -0.05) is 12.1 Å². The zero-order chi connectivity index (χ0) is 17.9. The fraction of sp³-hybridized carbons (Fsp3) is 0.238. The summed E-state index contributed by atoms with van der Waals surface area (Å²) in [6, 6.07) is 10.2. The number of fused-ring (bicyclic) bond motifs is 1. The van der Waals surface area contributed by atoms with Gasteiger partial charge in [0.15, 0.2) is 0 Å². The van der Waals surface area contributed by atoms with Crippen molar-refractivity contribution in [3.05, 3.63) is 66.1 Å². The van der Waals surface area contributed by atoms with Crippen molar-refractivity contribution in [2.75, 3.05) is 25.5 Å². The first-order valence-corrected chi connectivity index (χ1v) is 8.84. The van der Waals surface area contributed by atoms with Crippen molar-refractivity contribution in [2.45, 2.75) is 13.0 Å². The molecule has 0 spiro atoms. The molecule has 0 bridgehead atoms. The molecule has 1 aromatic carbocycles. The Balaban J connectivity index is 1.81. The summed E-state index contributed by atoms with van der Waals surface area (Å²) >= 11 is 0. The number of benzene rings is 1. The van der Waals surface area contributed by atoms with Crippen molar-refractivity contribution >= 4 is 28.6 Å². The zero-order valence-electron chi connectivity index (χ0n) is 14.9. The Kier molecular flexibility index (Phi) is 4.54. The summed E-state index contributed by atoms with van der Waals surface area (Å²) in [4.78, 5) is 17.4. The lowest BCUT2D eigenvalue weighted by molar-refractivity contribution is -0.105. The maximum Gasteiger partial charge on any atom is 0.211 e. The van der Waals surface area contributed by atoms with Gasteiger partial charge in [-0.3, -0.25) is 9.78 Å². The smallest absolute Gasteiger partial charge is 0.211 e. The molecule has 0 radical (unpaired) electrons. The third-order valence-corrected chi connectivity index (χ3v) is 4.94. The van der Waals surface area contributed by atoms with Crippen LogP contribution in [0.3, 0.4) is 0 Å². The van der Waals surface area contributed by atoms with Crippen molar-refractivity contribution in [2.24, 2.45) is 0 Å². The number of carbonyl (C=O) groups excluding carboxylic acids is 1. The Morgan fingerprint density at radius 3 is 2.96 bits per heavy atom. The SMILES string of the molecule is CN1CC=C(c2cn(Cc3cccnc3)c3ccc(NC=O)cc23)CC1. The minimum absolute atomic E-state index is 0.725. The second kappa shape index (κ2) is 7.14. The number of amides is 1. The van der Waals surface area contributed by atoms with Gasteiger partial charge in [0.05, 0.1) is 0 Å². The monoisotopic (exact) mass is 346 g/mol. The zero-order valence-corrected chi connectivity index (χ0v) is 14.9. The van der Waals surface area contributed by atoms with Gasteiger partial charge in [0.1, 0.15) is 0 Å². The van der Waals surface area contributed by atoms with E-state index in [1.54, 1.807) is 6.20 Å². The molecule has 5 nitrogen and oxygen atoms in total. The second-order valence-electron chi connectivity index (χ2n) is 6.77. The summed E-state index contributed by atoms with van der Waals surface area (Å²) < 4.78 is 2.27. The second-order valence-corrected chi connectivity index (χ2v) is 6.77. The average Bonchev–Trinajstić information content (AvgIpc) is 3.01. The predicted octanol–water partition coefficient (Wildman–Crippen LogP) is 3.37.